The molecule has 3 heterocycles. The fourth-order valence-corrected chi connectivity index (χ4v) is 5.21. The molecule has 2 aliphatic heterocycles. The first-order valence-corrected chi connectivity index (χ1v) is 11.5. The zero-order valence-electron chi connectivity index (χ0n) is 17.8. The van der Waals surface area contributed by atoms with E-state index in [9.17, 15) is 4.79 Å². The lowest BCUT2D eigenvalue weighted by molar-refractivity contribution is -0.133. The average molecular weight is 438 g/mol. The van der Waals surface area contributed by atoms with Gasteiger partial charge in [-0.1, -0.05) is 42.5 Å². The summed E-state index contributed by atoms with van der Waals surface area (Å²) in [6.07, 6.45) is 0.827. The van der Waals surface area contributed by atoms with Gasteiger partial charge in [-0.05, 0) is 36.1 Å². The summed E-state index contributed by atoms with van der Waals surface area (Å²) in [6.45, 7) is 6.59. The van der Waals surface area contributed by atoms with Crippen LogP contribution < -0.4 is 0 Å². The topological polar surface area (TPSA) is 48.6 Å². The molecule has 0 radical (unpaired) electrons. The highest BCUT2D eigenvalue weighted by Gasteiger charge is 2.38. The number of hydrogen-bond donors (Lipinski definition) is 1. The van der Waals surface area contributed by atoms with Crippen LogP contribution in [0.3, 0.4) is 0 Å². The van der Waals surface area contributed by atoms with Crippen molar-refractivity contribution in [1.82, 2.24) is 14.8 Å². The van der Waals surface area contributed by atoms with Gasteiger partial charge in [0, 0.05) is 42.3 Å². The molecule has 1 N–H and O–H groups in total. The van der Waals surface area contributed by atoms with Crippen LogP contribution in [0.4, 0.5) is 0 Å². The molecule has 0 saturated carbocycles. The van der Waals surface area contributed by atoms with E-state index in [4.69, 9.17) is 16.3 Å². The highest BCUT2D eigenvalue weighted by Crippen LogP contribution is 2.41. The average Bonchev–Trinajstić information content (AvgIpc) is 3.17. The van der Waals surface area contributed by atoms with Crippen LogP contribution in [0, 0.1) is 0 Å². The van der Waals surface area contributed by atoms with E-state index >= 15 is 0 Å². The van der Waals surface area contributed by atoms with Crippen molar-refractivity contribution < 1.29 is 9.53 Å². The van der Waals surface area contributed by atoms with Crippen molar-refractivity contribution in [3.8, 4) is 0 Å². The molecule has 1 amide bonds. The van der Waals surface area contributed by atoms with E-state index in [0.717, 1.165) is 56.0 Å². The van der Waals surface area contributed by atoms with E-state index in [1.807, 2.05) is 11.0 Å². The Labute approximate surface area is 187 Å². The summed E-state index contributed by atoms with van der Waals surface area (Å²) >= 11 is 6.03. The first-order chi connectivity index (χ1) is 15.2. The molecule has 3 aromatic rings. The molecule has 5 nitrogen and oxygen atoms in total. The van der Waals surface area contributed by atoms with Crippen molar-refractivity contribution in [3.05, 3.63) is 70.9 Å². The molecule has 2 aliphatic rings. The number of ether oxygens (including phenoxy) is 1. The van der Waals surface area contributed by atoms with Crippen molar-refractivity contribution in [2.45, 2.75) is 32.0 Å². The molecular formula is C25H28ClN3O2. The van der Waals surface area contributed by atoms with E-state index in [1.165, 1.54) is 16.5 Å². The standard InChI is InChI=1S/C25H28ClN3O2/c1-17-14-21-20-4-2-3-5-22(20)27-24(21)25(29(17)23(30)15-26)19-8-6-18(7-9-19)16-28-10-12-31-13-11-28/h2-9,17,25,27H,10-16H2,1H3/t17-,25-/m0/s1. The Morgan fingerprint density at radius 2 is 1.87 bits per heavy atom. The number of para-hydroxylation sites is 1. The summed E-state index contributed by atoms with van der Waals surface area (Å²) in [5.41, 5.74) is 5.93. The fourth-order valence-electron chi connectivity index (χ4n) is 5.07. The number of carbonyl (C=O) groups is 1. The number of hydrogen-bond acceptors (Lipinski definition) is 3. The molecule has 2 aromatic carbocycles. The van der Waals surface area contributed by atoms with Gasteiger partial charge >= 0.3 is 0 Å². The van der Waals surface area contributed by atoms with E-state index in [0.29, 0.717) is 0 Å². The molecule has 1 saturated heterocycles. The quantitative estimate of drug-likeness (QED) is 0.625. The van der Waals surface area contributed by atoms with Crippen molar-refractivity contribution in [2.75, 3.05) is 32.2 Å². The predicted octanol–water partition coefficient (Wildman–Crippen LogP) is 4.10. The van der Waals surface area contributed by atoms with Gasteiger partial charge in [0.2, 0.25) is 5.91 Å². The SMILES string of the molecule is C[C@H]1Cc2c([nH]c3ccccc23)[C@H](c2ccc(CN3CCOCC3)cc2)N1C(=O)CCl. The number of nitrogens with one attached hydrogen (secondary N) is 1. The smallest absolute Gasteiger partial charge is 0.238 e. The second-order valence-corrected chi connectivity index (χ2v) is 8.85. The van der Waals surface area contributed by atoms with Crippen molar-refractivity contribution in [2.24, 2.45) is 0 Å². The lowest BCUT2D eigenvalue weighted by Gasteiger charge is -2.41. The summed E-state index contributed by atoms with van der Waals surface area (Å²) in [5.74, 6) is -0.0354. The normalized spacial score (nSPS) is 21.9. The van der Waals surface area contributed by atoms with Gasteiger partial charge in [0.05, 0.1) is 19.3 Å². The van der Waals surface area contributed by atoms with Gasteiger partial charge in [-0.3, -0.25) is 9.69 Å². The predicted molar refractivity (Wildman–Crippen MR) is 123 cm³/mol. The highest BCUT2D eigenvalue weighted by molar-refractivity contribution is 6.27. The van der Waals surface area contributed by atoms with Crippen molar-refractivity contribution >= 4 is 28.4 Å². The first kappa shape index (κ1) is 20.6. The Kier molecular flexibility index (Phi) is 5.74. The van der Waals surface area contributed by atoms with Crippen LogP contribution >= 0.6 is 11.6 Å². The lowest BCUT2D eigenvalue weighted by Crippen LogP contribution is -2.46. The number of nitrogens with zero attached hydrogens (tertiary/aromatic N) is 2. The van der Waals surface area contributed by atoms with Crippen molar-refractivity contribution in [1.29, 1.82) is 0 Å². The Hall–Kier alpha value is -2.34. The molecule has 1 aromatic heterocycles. The Morgan fingerprint density at radius 1 is 1.13 bits per heavy atom. The number of rotatable bonds is 4. The summed E-state index contributed by atoms with van der Waals surface area (Å²) in [6, 6.07) is 17.0. The van der Waals surface area contributed by atoms with Gasteiger partial charge < -0.3 is 14.6 Å². The molecule has 2 atom stereocenters. The molecule has 1 fully saturated rings. The van der Waals surface area contributed by atoms with Gasteiger partial charge in [-0.25, -0.2) is 0 Å². The summed E-state index contributed by atoms with van der Waals surface area (Å²) < 4.78 is 5.46. The third-order valence-electron chi connectivity index (χ3n) is 6.58. The number of morpholine rings is 1. The van der Waals surface area contributed by atoms with Gasteiger partial charge in [-0.15, -0.1) is 11.6 Å². The molecule has 0 spiro atoms. The van der Waals surface area contributed by atoms with Crippen LogP contribution in [-0.2, 0) is 22.5 Å². The lowest BCUT2D eigenvalue weighted by atomic mass is 9.88. The molecule has 31 heavy (non-hydrogen) atoms. The number of fused-ring (bicyclic) bond motifs is 3. The van der Waals surface area contributed by atoms with Gasteiger partial charge in [0.15, 0.2) is 0 Å². The minimum absolute atomic E-state index is 0.00842. The van der Waals surface area contributed by atoms with Crippen LogP contribution in [0.25, 0.3) is 10.9 Å². The molecule has 162 valence electrons. The minimum Gasteiger partial charge on any atom is -0.379 e. The van der Waals surface area contributed by atoms with E-state index < -0.39 is 0 Å². The Morgan fingerprint density at radius 3 is 2.61 bits per heavy atom. The Balaban J connectivity index is 1.52. The number of benzene rings is 2. The maximum Gasteiger partial charge on any atom is 0.238 e. The molecular weight excluding hydrogens is 410 g/mol. The number of H-pyrrole nitrogens is 1. The van der Waals surface area contributed by atoms with E-state index in [2.05, 4.69) is 59.3 Å². The van der Waals surface area contributed by atoms with Gasteiger partial charge in [0.25, 0.3) is 0 Å². The molecule has 6 heteroatoms. The molecule has 5 rings (SSSR count). The fraction of sp³-hybridized carbons (Fsp3) is 0.400. The van der Waals surface area contributed by atoms with E-state index in [-0.39, 0.29) is 23.9 Å². The second-order valence-electron chi connectivity index (χ2n) is 8.58. The number of aromatic nitrogens is 1. The number of halogens is 1. The zero-order chi connectivity index (χ0) is 21.4. The number of carbonyl (C=O) groups excluding carboxylic acids is 1. The summed E-state index contributed by atoms with van der Waals surface area (Å²) in [4.78, 5) is 20.9. The second kappa shape index (κ2) is 8.65. The number of alkyl halides is 1. The maximum absolute atomic E-state index is 12.9. The van der Waals surface area contributed by atoms with Crippen LogP contribution in [0.15, 0.2) is 48.5 Å². The van der Waals surface area contributed by atoms with Crippen LogP contribution in [0.5, 0.6) is 0 Å². The summed E-state index contributed by atoms with van der Waals surface area (Å²) in [7, 11) is 0. The number of aromatic amines is 1. The molecule has 0 bridgehead atoms. The maximum atomic E-state index is 12.9. The number of amides is 1. The monoisotopic (exact) mass is 437 g/mol. The van der Waals surface area contributed by atoms with Crippen LogP contribution in [0.1, 0.15) is 35.3 Å². The minimum atomic E-state index is -0.158. The first-order valence-electron chi connectivity index (χ1n) is 11.0. The molecule has 0 unspecified atom stereocenters. The van der Waals surface area contributed by atoms with E-state index in [1.54, 1.807) is 0 Å². The molecule has 0 aliphatic carbocycles. The largest absolute Gasteiger partial charge is 0.379 e. The van der Waals surface area contributed by atoms with Crippen molar-refractivity contribution in [3.63, 3.8) is 0 Å². The third kappa shape index (κ3) is 3.86. The van der Waals surface area contributed by atoms with Crippen LogP contribution in [0.2, 0.25) is 0 Å². The van der Waals surface area contributed by atoms with Crippen LogP contribution in [-0.4, -0.2) is 58.9 Å². The van der Waals surface area contributed by atoms with Gasteiger partial charge in [-0.2, -0.15) is 0 Å². The summed E-state index contributed by atoms with van der Waals surface area (Å²) in [5, 5.41) is 1.25. The zero-order valence-corrected chi connectivity index (χ0v) is 18.6. The third-order valence-corrected chi connectivity index (χ3v) is 6.81. The Bertz CT molecular complexity index is 1070. The highest BCUT2D eigenvalue weighted by atomic mass is 35.5. The van der Waals surface area contributed by atoms with Gasteiger partial charge in [0.1, 0.15) is 5.88 Å².